The molecule has 3 aromatic rings. The monoisotopic (exact) mass is 427 g/mol. The number of aryl methyl sites for hydroxylation is 1. The van der Waals surface area contributed by atoms with Crippen molar-refractivity contribution in [3.05, 3.63) is 68.7 Å². The molecule has 0 aliphatic heterocycles. The van der Waals surface area contributed by atoms with Gasteiger partial charge in [0.25, 0.3) is 5.56 Å². The molecule has 0 amide bonds. The molecule has 0 saturated heterocycles. The van der Waals surface area contributed by atoms with Crippen molar-refractivity contribution in [1.82, 2.24) is 9.66 Å². The molecule has 0 N–H and O–H groups in total. The number of halogens is 1. The molecule has 0 radical (unpaired) electrons. The van der Waals surface area contributed by atoms with Crippen LogP contribution < -0.4 is 10.3 Å². The van der Waals surface area contributed by atoms with Crippen LogP contribution in [0.15, 0.2) is 56.8 Å². The van der Waals surface area contributed by atoms with Gasteiger partial charge in [0.2, 0.25) is 0 Å². The summed E-state index contributed by atoms with van der Waals surface area (Å²) >= 11 is 3.41. The van der Waals surface area contributed by atoms with Gasteiger partial charge in [0.05, 0.1) is 23.2 Å². The van der Waals surface area contributed by atoms with Gasteiger partial charge in [-0.05, 0) is 43.7 Å². The van der Waals surface area contributed by atoms with Crippen molar-refractivity contribution in [1.29, 1.82) is 0 Å². The fourth-order valence-electron chi connectivity index (χ4n) is 2.66. The predicted molar refractivity (Wildman–Crippen MR) is 113 cm³/mol. The average Bonchev–Trinajstić information content (AvgIpc) is 2.68. The normalized spacial score (nSPS) is 12.6. The predicted octanol–water partition coefficient (Wildman–Crippen LogP) is 4.78. The largest absolute Gasteiger partial charge is 0.490 e. The zero-order chi connectivity index (χ0) is 19.4. The first-order valence-corrected chi connectivity index (χ1v) is 9.84. The van der Waals surface area contributed by atoms with Crippen LogP contribution >= 0.6 is 15.9 Å². The topological polar surface area (TPSA) is 56.5 Å². The summed E-state index contributed by atoms with van der Waals surface area (Å²) in [7, 11) is 0. The summed E-state index contributed by atoms with van der Waals surface area (Å²) < 4.78 is 8.16. The molecule has 5 nitrogen and oxygen atoms in total. The molecule has 0 spiro atoms. The lowest BCUT2D eigenvalue weighted by Gasteiger charge is -2.14. The third-order valence-corrected chi connectivity index (χ3v) is 4.82. The first kappa shape index (κ1) is 19.3. The Hall–Kier alpha value is -2.47. The maximum Gasteiger partial charge on any atom is 0.282 e. The van der Waals surface area contributed by atoms with E-state index in [9.17, 15) is 4.79 Å². The van der Waals surface area contributed by atoms with Gasteiger partial charge < -0.3 is 4.74 Å². The number of fused-ring (bicyclic) bond motifs is 1. The number of ether oxygens (including phenoxy) is 1. The van der Waals surface area contributed by atoms with Gasteiger partial charge >= 0.3 is 0 Å². The molecule has 0 bridgehead atoms. The molecular formula is C21H22BrN3O2. The highest BCUT2D eigenvalue weighted by Crippen LogP contribution is 2.19. The Labute approximate surface area is 166 Å². The van der Waals surface area contributed by atoms with E-state index in [1.165, 1.54) is 4.68 Å². The minimum absolute atomic E-state index is 0.105. The lowest BCUT2D eigenvalue weighted by molar-refractivity contribution is 0.217. The van der Waals surface area contributed by atoms with E-state index in [1.54, 1.807) is 12.3 Å². The minimum atomic E-state index is -0.185. The molecule has 3 rings (SSSR count). The van der Waals surface area contributed by atoms with Crippen LogP contribution in [0, 0.1) is 0 Å². The zero-order valence-electron chi connectivity index (χ0n) is 15.6. The highest BCUT2D eigenvalue weighted by Gasteiger charge is 2.10. The van der Waals surface area contributed by atoms with Gasteiger partial charge in [-0.15, -0.1) is 0 Å². The quantitative estimate of drug-likeness (QED) is 0.531. The Morgan fingerprint density at radius 1 is 1.26 bits per heavy atom. The van der Waals surface area contributed by atoms with Crippen LogP contribution in [0.1, 0.15) is 38.6 Å². The summed E-state index contributed by atoms with van der Waals surface area (Å²) in [5, 5.41) is 4.97. The summed E-state index contributed by atoms with van der Waals surface area (Å²) in [5.74, 6) is 1.37. The molecule has 0 aliphatic carbocycles. The van der Waals surface area contributed by atoms with Crippen molar-refractivity contribution < 1.29 is 4.74 Å². The van der Waals surface area contributed by atoms with Crippen molar-refractivity contribution in [2.45, 2.75) is 39.7 Å². The Bertz CT molecular complexity index is 1040. The Morgan fingerprint density at radius 2 is 2.04 bits per heavy atom. The van der Waals surface area contributed by atoms with Crippen molar-refractivity contribution in [2.75, 3.05) is 0 Å². The van der Waals surface area contributed by atoms with Crippen LogP contribution in [-0.2, 0) is 6.42 Å². The highest BCUT2D eigenvalue weighted by molar-refractivity contribution is 9.10. The Morgan fingerprint density at radius 3 is 2.78 bits per heavy atom. The second kappa shape index (κ2) is 8.48. The molecule has 2 aromatic carbocycles. The molecule has 0 saturated carbocycles. The summed E-state index contributed by atoms with van der Waals surface area (Å²) in [6.45, 7) is 6.06. The Balaban J connectivity index is 2.07. The molecule has 27 heavy (non-hydrogen) atoms. The van der Waals surface area contributed by atoms with E-state index in [0.29, 0.717) is 23.1 Å². The third-order valence-electron chi connectivity index (χ3n) is 4.33. The van der Waals surface area contributed by atoms with Gasteiger partial charge in [0.15, 0.2) is 0 Å². The molecule has 140 valence electrons. The van der Waals surface area contributed by atoms with Crippen molar-refractivity contribution >= 4 is 33.0 Å². The summed E-state index contributed by atoms with van der Waals surface area (Å²) in [5.41, 5.74) is 1.31. The van der Waals surface area contributed by atoms with Crippen LogP contribution in [0.5, 0.6) is 5.75 Å². The SMILES string of the molecule is CCc1nc2ccc(Br)cc2c(=O)n1N=Cc1ccccc1O[C@H](C)CC. The van der Waals surface area contributed by atoms with E-state index in [2.05, 4.69) is 32.9 Å². The number of hydrogen-bond acceptors (Lipinski definition) is 4. The van der Waals surface area contributed by atoms with E-state index >= 15 is 0 Å². The number of hydrogen-bond donors (Lipinski definition) is 0. The first-order valence-electron chi connectivity index (χ1n) is 9.04. The fourth-order valence-corrected chi connectivity index (χ4v) is 3.02. The molecule has 1 heterocycles. The second-order valence-electron chi connectivity index (χ2n) is 6.28. The molecular weight excluding hydrogens is 406 g/mol. The van der Waals surface area contributed by atoms with Crippen molar-refractivity contribution in [3.63, 3.8) is 0 Å². The van der Waals surface area contributed by atoms with Crippen LogP contribution in [0.2, 0.25) is 0 Å². The zero-order valence-corrected chi connectivity index (χ0v) is 17.2. The number of rotatable bonds is 6. The van der Waals surface area contributed by atoms with Crippen molar-refractivity contribution in [2.24, 2.45) is 5.10 Å². The number of aromatic nitrogens is 2. The number of benzene rings is 2. The van der Waals surface area contributed by atoms with Gasteiger partial charge in [-0.3, -0.25) is 4.79 Å². The summed E-state index contributed by atoms with van der Waals surface area (Å²) in [6, 6.07) is 13.2. The van der Waals surface area contributed by atoms with Crippen LogP contribution in [0.4, 0.5) is 0 Å². The molecule has 6 heteroatoms. The number of para-hydroxylation sites is 1. The van der Waals surface area contributed by atoms with E-state index in [4.69, 9.17) is 4.74 Å². The summed E-state index contributed by atoms with van der Waals surface area (Å²) in [4.78, 5) is 17.5. The average molecular weight is 428 g/mol. The van der Waals surface area contributed by atoms with Crippen LogP contribution in [0.25, 0.3) is 10.9 Å². The fraction of sp³-hybridized carbons (Fsp3) is 0.286. The maximum absolute atomic E-state index is 12.9. The first-order chi connectivity index (χ1) is 13.0. The lowest BCUT2D eigenvalue weighted by atomic mass is 10.2. The van der Waals surface area contributed by atoms with E-state index in [0.717, 1.165) is 22.2 Å². The highest BCUT2D eigenvalue weighted by atomic mass is 79.9. The van der Waals surface area contributed by atoms with Gasteiger partial charge in [0.1, 0.15) is 11.6 Å². The molecule has 0 aliphatic rings. The van der Waals surface area contributed by atoms with E-state index in [-0.39, 0.29) is 11.7 Å². The standard InChI is InChI=1S/C21H22BrN3O2/c1-4-14(3)27-19-9-7-6-8-15(19)13-23-25-20(5-2)24-18-11-10-16(22)12-17(18)21(25)26/h6-14H,4-5H2,1-3H3/t14-/m1/s1. The summed E-state index contributed by atoms with van der Waals surface area (Å²) in [6.07, 6.45) is 3.27. The minimum Gasteiger partial charge on any atom is -0.490 e. The second-order valence-corrected chi connectivity index (χ2v) is 7.19. The molecule has 0 unspecified atom stereocenters. The van der Waals surface area contributed by atoms with Crippen LogP contribution in [0.3, 0.4) is 0 Å². The molecule has 1 aromatic heterocycles. The molecule has 1 atom stereocenters. The van der Waals surface area contributed by atoms with E-state index in [1.807, 2.05) is 50.2 Å². The van der Waals surface area contributed by atoms with E-state index < -0.39 is 0 Å². The molecule has 0 fully saturated rings. The van der Waals surface area contributed by atoms with Gasteiger partial charge in [-0.25, -0.2) is 4.98 Å². The number of nitrogens with zero attached hydrogens (tertiary/aromatic N) is 3. The smallest absolute Gasteiger partial charge is 0.282 e. The lowest BCUT2D eigenvalue weighted by Crippen LogP contribution is -2.22. The van der Waals surface area contributed by atoms with Gasteiger partial charge in [-0.1, -0.05) is 41.9 Å². The Kier molecular flexibility index (Phi) is 6.06. The third kappa shape index (κ3) is 4.27. The van der Waals surface area contributed by atoms with Gasteiger partial charge in [0, 0.05) is 16.5 Å². The van der Waals surface area contributed by atoms with Crippen molar-refractivity contribution in [3.8, 4) is 5.75 Å². The van der Waals surface area contributed by atoms with Crippen LogP contribution in [-0.4, -0.2) is 22.0 Å². The maximum atomic E-state index is 12.9. The van der Waals surface area contributed by atoms with Gasteiger partial charge in [-0.2, -0.15) is 9.78 Å².